The highest BCUT2D eigenvalue weighted by molar-refractivity contribution is 5.78. The first-order valence-corrected chi connectivity index (χ1v) is 8.59. The minimum absolute atomic E-state index is 0.0225. The zero-order chi connectivity index (χ0) is 17.2. The maximum Gasteiger partial charge on any atom is 0.393 e. The van der Waals surface area contributed by atoms with Gasteiger partial charge in [-0.1, -0.05) is 24.3 Å². The van der Waals surface area contributed by atoms with E-state index in [0.29, 0.717) is 13.0 Å². The van der Waals surface area contributed by atoms with Gasteiger partial charge in [0.05, 0.1) is 18.5 Å². The summed E-state index contributed by atoms with van der Waals surface area (Å²) in [6.07, 6.45) is -0.601. The van der Waals surface area contributed by atoms with Gasteiger partial charge in [-0.05, 0) is 49.8 Å². The number of rotatable bonds is 3. The monoisotopic (exact) mass is 340 g/mol. The lowest BCUT2D eigenvalue weighted by Crippen LogP contribution is -2.46. The van der Waals surface area contributed by atoms with Crippen molar-refractivity contribution in [2.24, 2.45) is 5.92 Å². The third kappa shape index (κ3) is 4.09. The summed E-state index contributed by atoms with van der Waals surface area (Å²) in [6.45, 7) is 0.532. The largest absolute Gasteiger partial charge is 0.393 e. The highest BCUT2D eigenvalue weighted by atomic mass is 19.4. The molecule has 1 saturated heterocycles. The molecule has 1 heterocycles. The van der Waals surface area contributed by atoms with Crippen LogP contribution in [0.5, 0.6) is 0 Å². The Morgan fingerprint density at radius 2 is 2.00 bits per heavy atom. The Kier molecular flexibility index (Phi) is 5.13. The lowest BCUT2D eigenvalue weighted by Gasteiger charge is -2.34. The number of nitrogens with one attached hydrogen (secondary N) is 1. The van der Waals surface area contributed by atoms with Crippen LogP contribution in [0.1, 0.15) is 42.9 Å². The highest BCUT2D eigenvalue weighted by Gasteiger charge is 2.42. The third-order valence-corrected chi connectivity index (χ3v) is 5.04. The van der Waals surface area contributed by atoms with Gasteiger partial charge in [0, 0.05) is 6.54 Å². The summed E-state index contributed by atoms with van der Waals surface area (Å²) in [5, 5.41) is 3.01. The molecule has 132 valence electrons. The minimum Gasteiger partial charge on any atom is -0.348 e. The summed E-state index contributed by atoms with van der Waals surface area (Å²) in [5.41, 5.74) is 2.40. The number of amides is 1. The maximum atomic E-state index is 12.9. The zero-order valence-electron chi connectivity index (χ0n) is 13.6. The number of benzene rings is 1. The number of hydrogen-bond acceptors (Lipinski definition) is 2. The van der Waals surface area contributed by atoms with Gasteiger partial charge in [0.15, 0.2) is 0 Å². The van der Waals surface area contributed by atoms with Gasteiger partial charge < -0.3 is 5.32 Å². The average molecular weight is 340 g/mol. The van der Waals surface area contributed by atoms with Crippen LogP contribution in [-0.2, 0) is 11.2 Å². The molecule has 0 aromatic heterocycles. The van der Waals surface area contributed by atoms with E-state index in [0.717, 1.165) is 24.8 Å². The van der Waals surface area contributed by atoms with Crippen LogP contribution in [0.25, 0.3) is 0 Å². The van der Waals surface area contributed by atoms with Gasteiger partial charge in [-0.15, -0.1) is 0 Å². The molecule has 2 atom stereocenters. The SMILES string of the molecule is O=C(CN1CCC[C@H](C(F)(F)F)C1)N[C@H]1CCCc2ccccc21. The second-order valence-electron chi connectivity index (χ2n) is 6.83. The second kappa shape index (κ2) is 7.13. The molecule has 1 fully saturated rings. The van der Waals surface area contributed by atoms with Crippen LogP contribution in [0.4, 0.5) is 13.2 Å². The first kappa shape index (κ1) is 17.3. The number of aryl methyl sites for hydroxylation is 1. The molecule has 0 radical (unpaired) electrons. The molecule has 3 rings (SSSR count). The standard InChI is InChI=1S/C18H23F3N2O/c19-18(20,21)14-7-4-10-23(11-14)12-17(24)22-16-9-3-6-13-5-1-2-8-15(13)16/h1-2,5,8,14,16H,3-4,6-7,9-12H2,(H,22,24)/t14-,16-/m0/s1. The lowest BCUT2D eigenvalue weighted by atomic mass is 9.88. The van der Waals surface area contributed by atoms with Crippen molar-refractivity contribution in [3.05, 3.63) is 35.4 Å². The van der Waals surface area contributed by atoms with Crippen LogP contribution in [-0.4, -0.2) is 36.6 Å². The molecular formula is C18H23F3N2O. The van der Waals surface area contributed by atoms with Crippen molar-refractivity contribution in [2.45, 2.75) is 44.3 Å². The van der Waals surface area contributed by atoms with Crippen molar-refractivity contribution < 1.29 is 18.0 Å². The second-order valence-corrected chi connectivity index (χ2v) is 6.83. The minimum atomic E-state index is -4.17. The molecule has 1 N–H and O–H groups in total. The number of piperidine rings is 1. The smallest absolute Gasteiger partial charge is 0.348 e. The van der Waals surface area contributed by atoms with Gasteiger partial charge in [0.1, 0.15) is 0 Å². The van der Waals surface area contributed by atoms with Crippen LogP contribution in [0.3, 0.4) is 0 Å². The Morgan fingerprint density at radius 3 is 2.79 bits per heavy atom. The van der Waals surface area contributed by atoms with Crippen molar-refractivity contribution in [3.8, 4) is 0 Å². The fraction of sp³-hybridized carbons (Fsp3) is 0.611. The number of carbonyl (C=O) groups is 1. The highest BCUT2D eigenvalue weighted by Crippen LogP contribution is 2.33. The van der Waals surface area contributed by atoms with Crippen LogP contribution in [0, 0.1) is 5.92 Å². The van der Waals surface area contributed by atoms with Gasteiger partial charge in [0.25, 0.3) is 0 Å². The number of nitrogens with zero attached hydrogens (tertiary/aromatic N) is 1. The Balaban J connectivity index is 1.57. The average Bonchev–Trinajstić information content (AvgIpc) is 2.54. The number of likely N-dealkylation sites (tertiary alicyclic amines) is 1. The van der Waals surface area contributed by atoms with E-state index in [9.17, 15) is 18.0 Å². The predicted octanol–water partition coefficient (Wildman–Crippen LogP) is 3.45. The molecule has 1 aromatic rings. The molecule has 2 aliphatic rings. The molecule has 1 amide bonds. The van der Waals surface area contributed by atoms with E-state index in [1.807, 2.05) is 18.2 Å². The number of halogens is 3. The first-order valence-electron chi connectivity index (χ1n) is 8.59. The summed E-state index contributed by atoms with van der Waals surface area (Å²) in [4.78, 5) is 13.9. The molecular weight excluding hydrogens is 317 g/mol. The Labute approximate surface area is 140 Å². The molecule has 0 bridgehead atoms. The summed E-state index contributed by atoms with van der Waals surface area (Å²) >= 11 is 0. The van der Waals surface area contributed by atoms with Crippen molar-refractivity contribution in [3.63, 3.8) is 0 Å². The van der Waals surface area contributed by atoms with Gasteiger partial charge >= 0.3 is 6.18 Å². The van der Waals surface area contributed by atoms with Gasteiger partial charge in [-0.3, -0.25) is 9.69 Å². The van der Waals surface area contributed by atoms with Crippen LogP contribution >= 0.6 is 0 Å². The fourth-order valence-electron chi connectivity index (χ4n) is 3.81. The van der Waals surface area contributed by atoms with Crippen molar-refractivity contribution in [1.82, 2.24) is 10.2 Å². The van der Waals surface area contributed by atoms with Crippen molar-refractivity contribution >= 4 is 5.91 Å². The van der Waals surface area contributed by atoms with E-state index in [2.05, 4.69) is 11.4 Å². The lowest BCUT2D eigenvalue weighted by molar-refractivity contribution is -0.187. The van der Waals surface area contributed by atoms with Gasteiger partial charge in [-0.25, -0.2) is 0 Å². The molecule has 6 heteroatoms. The molecule has 0 spiro atoms. The molecule has 1 aliphatic carbocycles. The molecule has 3 nitrogen and oxygen atoms in total. The predicted molar refractivity (Wildman–Crippen MR) is 85.5 cm³/mol. The topological polar surface area (TPSA) is 32.3 Å². The molecule has 0 saturated carbocycles. The molecule has 1 aliphatic heterocycles. The number of fused-ring (bicyclic) bond motifs is 1. The van der Waals surface area contributed by atoms with E-state index >= 15 is 0 Å². The van der Waals surface area contributed by atoms with E-state index < -0.39 is 12.1 Å². The van der Waals surface area contributed by atoms with Crippen LogP contribution < -0.4 is 5.32 Å². The number of hydrogen-bond donors (Lipinski definition) is 1. The molecule has 1 aromatic carbocycles. The van der Waals surface area contributed by atoms with Crippen molar-refractivity contribution in [1.29, 1.82) is 0 Å². The van der Waals surface area contributed by atoms with E-state index in [4.69, 9.17) is 0 Å². The van der Waals surface area contributed by atoms with Gasteiger partial charge in [-0.2, -0.15) is 13.2 Å². The molecule has 0 unspecified atom stereocenters. The number of carbonyl (C=O) groups excluding carboxylic acids is 1. The maximum absolute atomic E-state index is 12.9. The number of alkyl halides is 3. The summed E-state index contributed by atoms with van der Waals surface area (Å²) in [7, 11) is 0. The summed E-state index contributed by atoms with van der Waals surface area (Å²) in [5.74, 6) is -1.49. The van der Waals surface area contributed by atoms with E-state index in [-0.39, 0.29) is 31.5 Å². The zero-order valence-corrected chi connectivity index (χ0v) is 13.6. The van der Waals surface area contributed by atoms with Crippen molar-refractivity contribution in [2.75, 3.05) is 19.6 Å². The first-order chi connectivity index (χ1) is 11.4. The van der Waals surface area contributed by atoms with Crippen LogP contribution in [0.15, 0.2) is 24.3 Å². The van der Waals surface area contributed by atoms with E-state index in [1.165, 1.54) is 5.56 Å². The third-order valence-electron chi connectivity index (χ3n) is 5.04. The summed E-state index contributed by atoms with van der Waals surface area (Å²) in [6, 6.07) is 8.04. The summed E-state index contributed by atoms with van der Waals surface area (Å²) < 4.78 is 38.6. The molecule has 24 heavy (non-hydrogen) atoms. The Bertz CT molecular complexity index is 588. The Hall–Kier alpha value is -1.56. The Morgan fingerprint density at radius 1 is 1.21 bits per heavy atom. The van der Waals surface area contributed by atoms with Crippen LogP contribution in [0.2, 0.25) is 0 Å². The quantitative estimate of drug-likeness (QED) is 0.914. The fourth-order valence-corrected chi connectivity index (χ4v) is 3.81. The van der Waals surface area contributed by atoms with E-state index in [1.54, 1.807) is 4.90 Å². The normalized spacial score (nSPS) is 25.1. The van der Waals surface area contributed by atoms with Gasteiger partial charge in [0.2, 0.25) is 5.91 Å².